The van der Waals surface area contributed by atoms with Crippen LogP contribution < -0.4 is 4.74 Å². The highest BCUT2D eigenvalue weighted by atomic mass is 35.5. The zero-order chi connectivity index (χ0) is 16.4. The number of halogens is 1. The van der Waals surface area contributed by atoms with E-state index in [4.69, 9.17) is 16.3 Å². The molecule has 120 valence electrons. The quantitative estimate of drug-likeness (QED) is 0.570. The molecule has 2 aromatic carbocycles. The van der Waals surface area contributed by atoms with Crippen molar-refractivity contribution in [2.45, 2.75) is 6.54 Å². The molecule has 4 aromatic rings. The molecule has 1 N–H and O–H groups in total. The lowest BCUT2D eigenvalue weighted by molar-refractivity contribution is 0.291. The number of hydrogen-bond donors (Lipinski definition) is 1. The summed E-state index contributed by atoms with van der Waals surface area (Å²) in [5, 5.41) is 6.03. The zero-order valence-electron chi connectivity index (χ0n) is 12.9. The van der Waals surface area contributed by atoms with Gasteiger partial charge in [-0.1, -0.05) is 23.7 Å². The van der Waals surface area contributed by atoms with E-state index >= 15 is 0 Å². The second kappa shape index (κ2) is 6.42. The highest BCUT2D eigenvalue weighted by Crippen LogP contribution is 2.32. The Kier molecular flexibility index (Phi) is 3.97. The number of nitrogens with zero attached hydrogens (tertiary/aromatic N) is 2. The molecule has 0 spiro atoms. The SMILES string of the molecule is Clc1cc2[nH]ccc2cc1-c1ccc(OCCn2cccn2)cc1. The molecule has 0 aliphatic carbocycles. The molecule has 0 bridgehead atoms. The third-order valence-corrected chi connectivity index (χ3v) is 4.27. The first kappa shape index (κ1) is 14.8. The minimum absolute atomic E-state index is 0.580. The monoisotopic (exact) mass is 337 g/mol. The van der Waals surface area contributed by atoms with Crippen LogP contribution in [0.15, 0.2) is 67.1 Å². The van der Waals surface area contributed by atoms with Crippen LogP contribution in [0.1, 0.15) is 0 Å². The molecule has 0 aliphatic heterocycles. The van der Waals surface area contributed by atoms with Crippen LogP contribution in [-0.2, 0) is 6.54 Å². The van der Waals surface area contributed by atoms with Crippen molar-refractivity contribution in [1.82, 2.24) is 14.8 Å². The predicted octanol–water partition coefficient (Wildman–Crippen LogP) is 4.76. The molecule has 0 aliphatic rings. The lowest BCUT2D eigenvalue weighted by Gasteiger charge is -2.09. The number of H-pyrrole nitrogens is 1. The molecule has 4 nitrogen and oxygen atoms in total. The lowest BCUT2D eigenvalue weighted by Crippen LogP contribution is -2.08. The Balaban J connectivity index is 1.49. The lowest BCUT2D eigenvalue weighted by atomic mass is 10.0. The normalized spacial score (nSPS) is 11.0. The Bertz CT molecular complexity index is 943. The summed E-state index contributed by atoms with van der Waals surface area (Å²) in [5.41, 5.74) is 3.14. The molecule has 0 unspecified atom stereocenters. The second-order valence-corrected chi connectivity index (χ2v) is 5.95. The van der Waals surface area contributed by atoms with Crippen molar-refractivity contribution in [3.05, 3.63) is 72.1 Å². The van der Waals surface area contributed by atoms with E-state index in [1.54, 1.807) is 6.20 Å². The molecular weight excluding hydrogens is 322 g/mol. The number of benzene rings is 2. The van der Waals surface area contributed by atoms with Gasteiger partial charge in [0.2, 0.25) is 0 Å². The van der Waals surface area contributed by atoms with Crippen LogP contribution in [0.5, 0.6) is 5.75 Å². The number of hydrogen-bond acceptors (Lipinski definition) is 2. The van der Waals surface area contributed by atoms with Crippen LogP contribution in [0, 0.1) is 0 Å². The molecule has 0 atom stereocenters. The third kappa shape index (κ3) is 3.01. The number of aromatic nitrogens is 3. The Morgan fingerprint density at radius 2 is 2.00 bits per heavy atom. The first-order chi connectivity index (χ1) is 11.8. The molecule has 24 heavy (non-hydrogen) atoms. The van der Waals surface area contributed by atoms with Crippen LogP contribution in [0.4, 0.5) is 0 Å². The zero-order valence-corrected chi connectivity index (χ0v) is 13.7. The van der Waals surface area contributed by atoms with Gasteiger partial charge in [-0.2, -0.15) is 5.10 Å². The van der Waals surface area contributed by atoms with Crippen molar-refractivity contribution in [2.75, 3.05) is 6.61 Å². The minimum atomic E-state index is 0.580. The standard InChI is InChI=1S/C19H16ClN3O/c20-18-13-19-15(6-8-21-19)12-17(18)14-2-4-16(5-3-14)24-11-10-23-9-1-7-22-23/h1-9,12-13,21H,10-11H2. The van der Waals surface area contributed by atoms with Crippen LogP contribution in [0.25, 0.3) is 22.0 Å². The summed E-state index contributed by atoms with van der Waals surface area (Å²) in [4.78, 5) is 3.17. The summed E-state index contributed by atoms with van der Waals surface area (Å²) >= 11 is 6.41. The Hall–Kier alpha value is -2.72. The van der Waals surface area contributed by atoms with Gasteiger partial charge in [0.1, 0.15) is 12.4 Å². The first-order valence-electron chi connectivity index (χ1n) is 7.77. The van der Waals surface area contributed by atoms with Gasteiger partial charge in [-0.05, 0) is 42.0 Å². The fraction of sp³-hybridized carbons (Fsp3) is 0.105. The topological polar surface area (TPSA) is 42.8 Å². The van der Waals surface area contributed by atoms with Crippen LogP contribution >= 0.6 is 11.6 Å². The second-order valence-electron chi connectivity index (χ2n) is 5.54. The molecule has 2 aromatic heterocycles. The van der Waals surface area contributed by atoms with Gasteiger partial charge in [0.15, 0.2) is 0 Å². The third-order valence-electron chi connectivity index (χ3n) is 3.95. The van der Waals surface area contributed by atoms with Gasteiger partial charge < -0.3 is 9.72 Å². The maximum atomic E-state index is 6.41. The Labute approximate surface area is 144 Å². The molecule has 2 heterocycles. The van der Waals surface area contributed by atoms with Crippen molar-refractivity contribution < 1.29 is 4.74 Å². The average molecular weight is 338 g/mol. The molecule has 4 rings (SSSR count). The number of ether oxygens (including phenoxy) is 1. The average Bonchev–Trinajstić information content (AvgIpc) is 3.26. The van der Waals surface area contributed by atoms with Crippen molar-refractivity contribution in [3.8, 4) is 16.9 Å². The van der Waals surface area contributed by atoms with Crippen LogP contribution in [-0.4, -0.2) is 21.4 Å². The van der Waals surface area contributed by atoms with Crippen LogP contribution in [0.3, 0.4) is 0 Å². The number of nitrogens with one attached hydrogen (secondary N) is 1. The maximum Gasteiger partial charge on any atom is 0.119 e. The van der Waals surface area contributed by atoms with E-state index in [9.17, 15) is 0 Å². The van der Waals surface area contributed by atoms with Gasteiger partial charge in [-0.15, -0.1) is 0 Å². The smallest absolute Gasteiger partial charge is 0.119 e. The van der Waals surface area contributed by atoms with E-state index in [0.717, 1.165) is 39.3 Å². The summed E-state index contributed by atoms with van der Waals surface area (Å²) in [5.74, 6) is 0.838. The minimum Gasteiger partial charge on any atom is -0.492 e. The van der Waals surface area contributed by atoms with Gasteiger partial charge >= 0.3 is 0 Å². The highest BCUT2D eigenvalue weighted by molar-refractivity contribution is 6.34. The molecule has 0 saturated carbocycles. The van der Waals surface area contributed by atoms with Crippen molar-refractivity contribution in [3.63, 3.8) is 0 Å². The highest BCUT2D eigenvalue weighted by Gasteiger charge is 2.07. The predicted molar refractivity (Wildman–Crippen MR) is 96.5 cm³/mol. The van der Waals surface area contributed by atoms with E-state index in [-0.39, 0.29) is 0 Å². The molecule has 5 heteroatoms. The van der Waals surface area contributed by atoms with Crippen LogP contribution in [0.2, 0.25) is 5.02 Å². The molecular formula is C19H16ClN3O. The Morgan fingerprint density at radius 1 is 1.12 bits per heavy atom. The van der Waals surface area contributed by atoms with Crippen molar-refractivity contribution >= 4 is 22.5 Å². The number of fused-ring (bicyclic) bond motifs is 1. The fourth-order valence-electron chi connectivity index (χ4n) is 2.72. The van der Waals surface area contributed by atoms with E-state index in [2.05, 4.69) is 16.1 Å². The number of aromatic amines is 1. The maximum absolute atomic E-state index is 6.41. The van der Waals surface area contributed by atoms with Gasteiger partial charge in [-0.3, -0.25) is 4.68 Å². The largest absolute Gasteiger partial charge is 0.492 e. The van der Waals surface area contributed by atoms with Gasteiger partial charge in [0.25, 0.3) is 0 Å². The summed E-state index contributed by atoms with van der Waals surface area (Å²) in [6.45, 7) is 1.31. The molecule has 0 saturated heterocycles. The van der Waals surface area contributed by atoms with Crippen molar-refractivity contribution in [2.24, 2.45) is 0 Å². The molecule has 0 amide bonds. The number of rotatable bonds is 5. The molecule has 0 radical (unpaired) electrons. The van der Waals surface area contributed by atoms with E-state index < -0.39 is 0 Å². The molecule has 0 fully saturated rings. The summed E-state index contributed by atoms with van der Waals surface area (Å²) in [6.07, 6.45) is 5.60. The van der Waals surface area contributed by atoms with Gasteiger partial charge in [-0.25, -0.2) is 0 Å². The first-order valence-corrected chi connectivity index (χ1v) is 8.15. The summed E-state index contributed by atoms with van der Waals surface area (Å²) in [7, 11) is 0. The van der Waals surface area contributed by atoms with E-state index in [0.29, 0.717) is 6.61 Å². The Morgan fingerprint density at radius 3 is 2.79 bits per heavy atom. The van der Waals surface area contributed by atoms with E-state index in [1.165, 1.54) is 0 Å². The summed E-state index contributed by atoms with van der Waals surface area (Å²) in [6, 6.07) is 16.0. The van der Waals surface area contributed by atoms with Gasteiger partial charge in [0.05, 0.1) is 11.6 Å². The van der Waals surface area contributed by atoms with E-state index in [1.807, 2.05) is 59.5 Å². The van der Waals surface area contributed by atoms with Gasteiger partial charge in [0, 0.05) is 35.1 Å². The fourth-order valence-corrected chi connectivity index (χ4v) is 2.99. The summed E-state index contributed by atoms with van der Waals surface area (Å²) < 4.78 is 7.61. The van der Waals surface area contributed by atoms with Crippen molar-refractivity contribution in [1.29, 1.82) is 0 Å².